The molecule has 0 bridgehead atoms. The summed E-state index contributed by atoms with van der Waals surface area (Å²) in [4.78, 5) is 7.08. The Labute approximate surface area is 144 Å². The fraction of sp³-hybridized carbons (Fsp3) is 0.333. The van der Waals surface area contributed by atoms with E-state index in [0.717, 1.165) is 11.2 Å². The minimum Gasteiger partial charge on any atom is -0.378 e. The molecule has 0 saturated carbocycles. The van der Waals surface area contributed by atoms with Crippen LogP contribution >= 0.6 is 0 Å². The number of hydrogen-bond acceptors (Lipinski definition) is 2. The normalized spacial score (nSPS) is 11.1. The summed E-state index contributed by atoms with van der Waals surface area (Å²) in [5.41, 5.74) is 10.8. The Hall–Kier alpha value is -2.42. The first-order chi connectivity index (χ1) is 11.3. The lowest BCUT2D eigenvalue weighted by atomic mass is 9.97. The van der Waals surface area contributed by atoms with Crippen LogP contribution in [0.1, 0.15) is 22.4 Å². The molecule has 24 heavy (non-hydrogen) atoms. The molecule has 124 valence electrons. The second-order valence-electron chi connectivity index (χ2n) is 6.88. The van der Waals surface area contributed by atoms with Gasteiger partial charge in [-0.15, -0.1) is 0 Å². The minimum absolute atomic E-state index is 1.07. The van der Waals surface area contributed by atoms with E-state index in [4.69, 9.17) is 4.98 Å². The van der Waals surface area contributed by atoms with Crippen molar-refractivity contribution in [2.45, 2.75) is 27.7 Å². The van der Waals surface area contributed by atoms with Crippen molar-refractivity contribution in [3.8, 4) is 11.3 Å². The Morgan fingerprint density at radius 3 is 2.33 bits per heavy atom. The van der Waals surface area contributed by atoms with Gasteiger partial charge in [0.15, 0.2) is 0 Å². The predicted octanol–water partition coefficient (Wildman–Crippen LogP) is 4.03. The molecule has 0 aliphatic rings. The molecular weight excluding hydrogens is 294 g/mol. The fourth-order valence-corrected chi connectivity index (χ4v) is 3.36. The van der Waals surface area contributed by atoms with E-state index < -0.39 is 0 Å². The summed E-state index contributed by atoms with van der Waals surface area (Å²) in [5, 5.41) is 0. The lowest BCUT2D eigenvalue weighted by Gasteiger charge is -2.18. The Balaban J connectivity index is 2.39. The molecule has 3 aromatic rings. The van der Waals surface area contributed by atoms with Gasteiger partial charge in [-0.25, -0.2) is 4.98 Å². The molecule has 3 heteroatoms. The molecule has 3 nitrogen and oxygen atoms in total. The second-order valence-corrected chi connectivity index (χ2v) is 6.88. The van der Waals surface area contributed by atoms with Crippen molar-refractivity contribution in [3.05, 3.63) is 52.7 Å². The van der Waals surface area contributed by atoms with Gasteiger partial charge in [-0.3, -0.25) is 0 Å². The van der Waals surface area contributed by atoms with Crippen LogP contribution in [0.2, 0.25) is 0 Å². The third-order valence-corrected chi connectivity index (χ3v) is 4.96. The zero-order chi connectivity index (χ0) is 17.6. The summed E-state index contributed by atoms with van der Waals surface area (Å²) in [5.74, 6) is 0. The summed E-state index contributed by atoms with van der Waals surface area (Å²) in [6, 6.07) is 10.9. The highest BCUT2D eigenvalue weighted by Crippen LogP contribution is 2.31. The molecule has 0 radical (unpaired) electrons. The highest BCUT2D eigenvalue weighted by atomic mass is 15.1. The van der Waals surface area contributed by atoms with Gasteiger partial charge < -0.3 is 4.90 Å². The number of para-hydroxylation sites is 1. The zero-order valence-electron chi connectivity index (χ0n) is 15.7. The number of rotatable bonds is 2. The molecule has 0 unspecified atom stereocenters. The number of fused-ring (bicyclic) bond motifs is 1. The molecule has 3 rings (SSSR count). The lowest BCUT2D eigenvalue weighted by Crippen LogP contribution is -2.34. The standard InChI is InChI=1S/C21H26N3/c1-13-9-8-10-19-20(13)22-16(4)21(24(19)7)18-12-17(23(5)6)11-14(2)15(18)3/h8-12H,1-7H3/q+1. The predicted molar refractivity (Wildman–Crippen MR) is 102 cm³/mol. The number of nitrogens with zero attached hydrogens (tertiary/aromatic N) is 3. The average Bonchev–Trinajstić information content (AvgIpc) is 2.52. The van der Waals surface area contributed by atoms with E-state index in [1.165, 1.54) is 39.2 Å². The van der Waals surface area contributed by atoms with E-state index in [9.17, 15) is 0 Å². The molecule has 2 aromatic carbocycles. The SMILES string of the molecule is Cc1cc(N(C)C)cc(-c2c(C)nc3c(C)cccc3[n+]2C)c1C. The second kappa shape index (κ2) is 5.90. The summed E-state index contributed by atoms with van der Waals surface area (Å²) >= 11 is 0. The molecule has 0 atom stereocenters. The van der Waals surface area contributed by atoms with Crippen LogP contribution in [0.15, 0.2) is 30.3 Å². The van der Waals surface area contributed by atoms with Crippen LogP contribution < -0.4 is 9.47 Å². The maximum absolute atomic E-state index is 4.92. The van der Waals surface area contributed by atoms with Crippen molar-refractivity contribution in [2.75, 3.05) is 19.0 Å². The van der Waals surface area contributed by atoms with Gasteiger partial charge in [-0.05, 0) is 56.5 Å². The van der Waals surface area contributed by atoms with Crippen LogP contribution in [0.5, 0.6) is 0 Å². The van der Waals surface area contributed by atoms with E-state index in [2.05, 4.69) is 88.6 Å². The molecule has 1 aromatic heterocycles. The molecule has 0 saturated heterocycles. The number of benzene rings is 2. The van der Waals surface area contributed by atoms with Crippen LogP contribution in [-0.2, 0) is 7.05 Å². The van der Waals surface area contributed by atoms with Gasteiger partial charge in [0, 0.05) is 25.8 Å². The first kappa shape index (κ1) is 16.4. The third-order valence-electron chi connectivity index (χ3n) is 4.96. The van der Waals surface area contributed by atoms with Gasteiger partial charge in [0.05, 0.1) is 5.56 Å². The third kappa shape index (κ3) is 2.54. The Morgan fingerprint density at radius 1 is 0.958 bits per heavy atom. The van der Waals surface area contributed by atoms with Gasteiger partial charge in [0.1, 0.15) is 18.3 Å². The van der Waals surface area contributed by atoms with Gasteiger partial charge in [-0.1, -0.05) is 12.1 Å². The Bertz CT molecular complexity index is 940. The van der Waals surface area contributed by atoms with Crippen LogP contribution in [-0.4, -0.2) is 19.1 Å². The molecule has 1 heterocycles. The molecule has 0 N–H and O–H groups in total. The molecule has 0 aliphatic carbocycles. The van der Waals surface area contributed by atoms with Gasteiger partial charge in [0.25, 0.3) is 0 Å². The van der Waals surface area contributed by atoms with Crippen molar-refractivity contribution in [2.24, 2.45) is 7.05 Å². The highest BCUT2D eigenvalue weighted by molar-refractivity contribution is 5.78. The van der Waals surface area contributed by atoms with E-state index in [-0.39, 0.29) is 0 Å². The molecule has 0 aliphatic heterocycles. The first-order valence-electron chi connectivity index (χ1n) is 8.36. The first-order valence-corrected chi connectivity index (χ1v) is 8.36. The van der Waals surface area contributed by atoms with Gasteiger partial charge >= 0.3 is 0 Å². The quantitative estimate of drug-likeness (QED) is 0.665. The lowest BCUT2D eigenvalue weighted by molar-refractivity contribution is -0.634. The number of aryl methyl sites for hydroxylation is 4. The van der Waals surface area contributed by atoms with Crippen LogP contribution in [0.4, 0.5) is 5.69 Å². The Morgan fingerprint density at radius 2 is 1.67 bits per heavy atom. The van der Waals surface area contributed by atoms with E-state index >= 15 is 0 Å². The van der Waals surface area contributed by atoms with Crippen LogP contribution in [0.25, 0.3) is 22.3 Å². The number of aromatic nitrogens is 2. The molecular formula is C21H26N3+. The molecule has 0 amide bonds. The largest absolute Gasteiger partial charge is 0.378 e. The number of hydrogen-bond donors (Lipinski definition) is 0. The van der Waals surface area contributed by atoms with Crippen molar-refractivity contribution in [3.63, 3.8) is 0 Å². The smallest absolute Gasteiger partial charge is 0.234 e. The summed E-state index contributed by atoms with van der Waals surface area (Å²) in [7, 11) is 6.31. The Kier molecular flexibility index (Phi) is 4.04. The highest BCUT2D eigenvalue weighted by Gasteiger charge is 2.22. The number of anilines is 1. The summed E-state index contributed by atoms with van der Waals surface area (Å²) < 4.78 is 2.28. The fourth-order valence-electron chi connectivity index (χ4n) is 3.36. The molecule has 0 spiro atoms. The maximum atomic E-state index is 4.92. The van der Waals surface area contributed by atoms with E-state index in [1.807, 2.05) is 0 Å². The summed E-state index contributed by atoms with van der Waals surface area (Å²) in [6.45, 7) is 8.61. The van der Waals surface area contributed by atoms with E-state index in [0.29, 0.717) is 0 Å². The topological polar surface area (TPSA) is 20.0 Å². The molecule has 0 fully saturated rings. The van der Waals surface area contributed by atoms with Crippen LogP contribution in [0.3, 0.4) is 0 Å². The van der Waals surface area contributed by atoms with Crippen molar-refractivity contribution < 1.29 is 4.57 Å². The van der Waals surface area contributed by atoms with E-state index in [1.54, 1.807) is 0 Å². The van der Waals surface area contributed by atoms with Gasteiger partial charge in [0.2, 0.25) is 11.2 Å². The van der Waals surface area contributed by atoms with Crippen molar-refractivity contribution in [1.82, 2.24) is 4.98 Å². The summed E-state index contributed by atoms with van der Waals surface area (Å²) in [6.07, 6.45) is 0. The van der Waals surface area contributed by atoms with Crippen molar-refractivity contribution >= 4 is 16.7 Å². The van der Waals surface area contributed by atoms with Crippen molar-refractivity contribution in [1.29, 1.82) is 0 Å². The maximum Gasteiger partial charge on any atom is 0.234 e. The monoisotopic (exact) mass is 320 g/mol. The average molecular weight is 320 g/mol. The van der Waals surface area contributed by atoms with Crippen LogP contribution in [0, 0.1) is 27.7 Å². The minimum atomic E-state index is 1.07. The zero-order valence-corrected chi connectivity index (χ0v) is 15.7. The van der Waals surface area contributed by atoms with Gasteiger partial charge in [-0.2, -0.15) is 4.57 Å².